The Bertz CT molecular complexity index is 1750. The summed E-state index contributed by atoms with van der Waals surface area (Å²) in [5, 5.41) is 18.0. The van der Waals surface area contributed by atoms with Crippen LogP contribution in [0.2, 0.25) is 0 Å². The maximum absolute atomic E-state index is 13.9. The third-order valence-corrected chi connectivity index (χ3v) is 7.90. The van der Waals surface area contributed by atoms with Crippen molar-refractivity contribution < 1.29 is 14.4 Å². The molecular formula is C32H26N6O3. The summed E-state index contributed by atoms with van der Waals surface area (Å²) in [7, 11) is 0. The van der Waals surface area contributed by atoms with Crippen LogP contribution in [0, 0.1) is 6.92 Å². The monoisotopic (exact) mass is 542 g/mol. The van der Waals surface area contributed by atoms with Gasteiger partial charge in [-0.3, -0.25) is 19.4 Å². The fourth-order valence-corrected chi connectivity index (χ4v) is 5.83. The molecule has 41 heavy (non-hydrogen) atoms. The number of hydrazone groups is 1. The second-order valence-electron chi connectivity index (χ2n) is 10.5. The highest BCUT2D eigenvalue weighted by Gasteiger charge is 2.55. The van der Waals surface area contributed by atoms with Crippen LogP contribution in [0.1, 0.15) is 29.2 Å². The van der Waals surface area contributed by atoms with Gasteiger partial charge in [0.1, 0.15) is 6.54 Å². The van der Waals surface area contributed by atoms with Gasteiger partial charge in [-0.2, -0.15) is 10.2 Å². The van der Waals surface area contributed by atoms with Crippen LogP contribution in [-0.4, -0.2) is 52.1 Å². The summed E-state index contributed by atoms with van der Waals surface area (Å²) in [5.74, 6) is -1.22. The van der Waals surface area contributed by atoms with Crippen LogP contribution in [0.25, 0.3) is 10.8 Å². The number of amides is 3. The molecule has 202 valence electrons. The molecule has 7 rings (SSSR count). The minimum Gasteiger partial charge on any atom is -0.271 e. The summed E-state index contributed by atoms with van der Waals surface area (Å²) in [4.78, 5) is 41.6. The molecule has 0 radical (unpaired) electrons. The molecule has 3 amide bonds. The van der Waals surface area contributed by atoms with Gasteiger partial charge in [-0.05, 0) is 35.4 Å². The number of nitrogens with zero attached hydrogens (tertiary/aromatic N) is 6. The number of fused-ring (bicyclic) bond motifs is 2. The first-order valence-electron chi connectivity index (χ1n) is 13.5. The van der Waals surface area contributed by atoms with E-state index in [1.165, 1.54) is 10.0 Å². The van der Waals surface area contributed by atoms with Gasteiger partial charge in [0.2, 0.25) is 0 Å². The quantitative estimate of drug-likeness (QED) is 0.338. The molecule has 0 N–H and O–H groups in total. The SMILES string of the molecule is Cc1ccc(N2C(=O)[C@@H]3N=NN(CC(=O)N4N=C(c5cccc6ccccc56)C[C@H]4c4ccccc4)[C@H]3C2=O)cc1. The van der Waals surface area contributed by atoms with Crippen molar-refractivity contribution in [3.63, 3.8) is 0 Å². The van der Waals surface area contributed by atoms with Crippen molar-refractivity contribution in [2.45, 2.75) is 31.5 Å². The molecule has 4 aromatic rings. The summed E-state index contributed by atoms with van der Waals surface area (Å²) >= 11 is 0. The van der Waals surface area contributed by atoms with Crippen LogP contribution < -0.4 is 4.90 Å². The highest BCUT2D eigenvalue weighted by molar-refractivity contribution is 6.25. The van der Waals surface area contributed by atoms with Crippen molar-refractivity contribution in [1.82, 2.24) is 10.0 Å². The van der Waals surface area contributed by atoms with E-state index in [9.17, 15) is 14.4 Å². The standard InChI is InChI=1S/C32H26N6O3/c1-20-14-16-23(17-15-20)37-31(40)29-30(32(37)41)36(35-33-29)19-28(39)38-27(22-9-3-2-4-10-22)18-26(34-38)25-13-7-11-21-8-5-6-12-24(21)25/h2-17,27,29-30H,18-19H2,1H3/t27-,29+,30+/m0/s1. The summed E-state index contributed by atoms with van der Waals surface area (Å²) in [6, 6.07) is 28.9. The topological polar surface area (TPSA) is 98.0 Å². The Kier molecular flexibility index (Phi) is 5.92. The van der Waals surface area contributed by atoms with Crippen molar-refractivity contribution in [2.24, 2.45) is 15.4 Å². The van der Waals surface area contributed by atoms with Gasteiger partial charge in [-0.1, -0.05) is 95.7 Å². The maximum atomic E-state index is 13.9. The minimum absolute atomic E-state index is 0.235. The Morgan fingerprint density at radius 1 is 0.854 bits per heavy atom. The van der Waals surface area contributed by atoms with E-state index in [-0.39, 0.29) is 18.5 Å². The van der Waals surface area contributed by atoms with Crippen LogP contribution in [-0.2, 0) is 14.4 Å². The molecular weight excluding hydrogens is 516 g/mol. The molecule has 0 saturated carbocycles. The van der Waals surface area contributed by atoms with Crippen molar-refractivity contribution in [1.29, 1.82) is 0 Å². The highest BCUT2D eigenvalue weighted by atomic mass is 16.2. The van der Waals surface area contributed by atoms with Crippen LogP contribution >= 0.6 is 0 Å². The Balaban J connectivity index is 1.18. The largest absolute Gasteiger partial charge is 0.271 e. The number of benzene rings is 4. The molecule has 3 aliphatic heterocycles. The van der Waals surface area contributed by atoms with E-state index >= 15 is 0 Å². The van der Waals surface area contributed by atoms with Gasteiger partial charge in [0.05, 0.1) is 17.4 Å². The molecule has 3 atom stereocenters. The number of anilines is 1. The molecule has 0 unspecified atom stereocenters. The Morgan fingerprint density at radius 2 is 1.59 bits per heavy atom. The molecule has 0 bridgehead atoms. The van der Waals surface area contributed by atoms with Gasteiger partial charge in [-0.15, -0.1) is 0 Å². The fraction of sp³-hybridized carbons (Fsp3) is 0.188. The van der Waals surface area contributed by atoms with Gasteiger partial charge in [0, 0.05) is 12.0 Å². The molecule has 0 spiro atoms. The van der Waals surface area contributed by atoms with Gasteiger partial charge >= 0.3 is 0 Å². The fourth-order valence-electron chi connectivity index (χ4n) is 5.83. The van der Waals surface area contributed by atoms with Crippen molar-refractivity contribution in [3.05, 3.63) is 114 Å². The smallest absolute Gasteiger partial charge is 0.264 e. The number of carbonyl (C=O) groups is 3. The predicted octanol–water partition coefficient (Wildman–Crippen LogP) is 4.82. The third kappa shape index (κ3) is 4.17. The normalized spacial score (nSPS) is 21.6. The third-order valence-electron chi connectivity index (χ3n) is 7.90. The lowest BCUT2D eigenvalue weighted by Crippen LogP contribution is -2.44. The lowest BCUT2D eigenvalue weighted by Gasteiger charge is -2.25. The molecule has 4 aromatic carbocycles. The highest BCUT2D eigenvalue weighted by Crippen LogP contribution is 2.36. The van der Waals surface area contributed by atoms with E-state index in [4.69, 9.17) is 5.10 Å². The number of rotatable bonds is 5. The molecule has 0 aliphatic carbocycles. The summed E-state index contributed by atoms with van der Waals surface area (Å²) in [6.07, 6.45) is 0.538. The first-order chi connectivity index (χ1) is 20.0. The lowest BCUT2D eigenvalue weighted by molar-refractivity contribution is -0.135. The zero-order valence-electron chi connectivity index (χ0n) is 22.3. The minimum atomic E-state index is -0.977. The second-order valence-corrected chi connectivity index (χ2v) is 10.5. The van der Waals surface area contributed by atoms with E-state index in [1.54, 1.807) is 12.1 Å². The van der Waals surface area contributed by atoms with Crippen molar-refractivity contribution in [2.75, 3.05) is 11.4 Å². The predicted molar refractivity (Wildman–Crippen MR) is 154 cm³/mol. The number of imide groups is 1. The average Bonchev–Trinajstić information content (AvgIpc) is 3.69. The average molecular weight is 543 g/mol. The molecule has 1 fully saturated rings. The Morgan fingerprint density at radius 3 is 2.39 bits per heavy atom. The van der Waals surface area contributed by atoms with E-state index in [0.717, 1.165) is 38.1 Å². The van der Waals surface area contributed by atoms with E-state index in [1.807, 2.05) is 73.7 Å². The second kappa shape index (κ2) is 9.78. The number of carbonyl (C=O) groups excluding carboxylic acids is 3. The molecule has 9 heteroatoms. The van der Waals surface area contributed by atoms with Crippen LogP contribution in [0.4, 0.5) is 5.69 Å². The molecule has 9 nitrogen and oxygen atoms in total. The van der Waals surface area contributed by atoms with Crippen molar-refractivity contribution >= 4 is 39.9 Å². The van der Waals surface area contributed by atoms with Gasteiger partial charge in [-0.25, -0.2) is 9.91 Å². The zero-order chi connectivity index (χ0) is 28.1. The summed E-state index contributed by atoms with van der Waals surface area (Å²) in [5.41, 5.74) is 4.24. The molecule has 3 aliphatic rings. The van der Waals surface area contributed by atoms with Crippen LogP contribution in [0.15, 0.2) is 113 Å². The summed E-state index contributed by atoms with van der Waals surface area (Å²) in [6.45, 7) is 1.70. The first-order valence-corrected chi connectivity index (χ1v) is 13.5. The van der Waals surface area contributed by atoms with Gasteiger partial charge < -0.3 is 0 Å². The van der Waals surface area contributed by atoms with E-state index in [2.05, 4.69) is 28.5 Å². The number of hydrogen-bond donors (Lipinski definition) is 0. The van der Waals surface area contributed by atoms with E-state index in [0.29, 0.717) is 12.1 Å². The van der Waals surface area contributed by atoms with Gasteiger partial charge in [0.15, 0.2) is 12.1 Å². The Hall–Kier alpha value is -5.18. The molecule has 0 aromatic heterocycles. The van der Waals surface area contributed by atoms with Crippen LogP contribution in [0.3, 0.4) is 0 Å². The molecule has 1 saturated heterocycles. The zero-order valence-corrected chi connectivity index (χ0v) is 22.3. The number of aryl methyl sites for hydroxylation is 1. The lowest BCUT2D eigenvalue weighted by atomic mass is 9.95. The molecule has 3 heterocycles. The van der Waals surface area contributed by atoms with Crippen molar-refractivity contribution in [3.8, 4) is 0 Å². The summed E-state index contributed by atoms with van der Waals surface area (Å²) < 4.78 is 0. The van der Waals surface area contributed by atoms with E-state index < -0.39 is 23.9 Å². The Labute approximate surface area is 236 Å². The maximum Gasteiger partial charge on any atom is 0.264 e. The van der Waals surface area contributed by atoms with Crippen LogP contribution in [0.5, 0.6) is 0 Å². The number of hydrogen-bond acceptors (Lipinski definition) is 7. The van der Waals surface area contributed by atoms with Gasteiger partial charge in [0.25, 0.3) is 17.7 Å². The first kappa shape index (κ1) is 24.8.